The smallest absolute Gasteiger partial charge is 0.171 e. The van der Waals surface area contributed by atoms with Gasteiger partial charge in [-0.25, -0.2) is 9.97 Å². The highest BCUT2D eigenvalue weighted by Crippen LogP contribution is 2.30. The van der Waals surface area contributed by atoms with Gasteiger partial charge in [0.25, 0.3) is 0 Å². The van der Waals surface area contributed by atoms with Crippen LogP contribution in [0.3, 0.4) is 0 Å². The molecule has 7 heteroatoms. The van der Waals surface area contributed by atoms with E-state index in [1.54, 1.807) is 6.33 Å². The van der Waals surface area contributed by atoms with E-state index in [0.717, 1.165) is 66.6 Å². The normalized spacial score (nSPS) is 17.7. The summed E-state index contributed by atoms with van der Waals surface area (Å²) in [5.74, 6) is 3.03. The Hall–Kier alpha value is -3.48. The molecule has 32 heavy (non-hydrogen) atoms. The SMILES string of the molecule is CC1CCCN1c1ccc(-c2cnc(CCc3cccc4c3CCO4)n3cnnc23)cn1. The van der Waals surface area contributed by atoms with Crippen LogP contribution in [0.15, 0.2) is 49.1 Å². The lowest BCUT2D eigenvalue weighted by Crippen LogP contribution is -2.26. The van der Waals surface area contributed by atoms with E-state index in [2.05, 4.69) is 52.4 Å². The van der Waals surface area contributed by atoms with Gasteiger partial charge < -0.3 is 9.64 Å². The van der Waals surface area contributed by atoms with Crippen molar-refractivity contribution in [3.63, 3.8) is 0 Å². The Morgan fingerprint density at radius 1 is 1.09 bits per heavy atom. The fourth-order valence-corrected chi connectivity index (χ4v) is 5.02. The van der Waals surface area contributed by atoms with Crippen LogP contribution in [0.2, 0.25) is 0 Å². The molecule has 4 aromatic rings. The van der Waals surface area contributed by atoms with Crippen LogP contribution in [0, 0.1) is 0 Å². The van der Waals surface area contributed by atoms with Crippen molar-refractivity contribution in [2.45, 2.75) is 45.1 Å². The van der Waals surface area contributed by atoms with Crippen LogP contribution in [0.4, 0.5) is 5.82 Å². The minimum Gasteiger partial charge on any atom is -0.493 e. The van der Waals surface area contributed by atoms with E-state index < -0.39 is 0 Å². The Labute approximate surface area is 187 Å². The number of benzene rings is 1. The molecular formula is C25H26N6O. The zero-order chi connectivity index (χ0) is 21.5. The molecule has 1 saturated heterocycles. The predicted molar refractivity (Wildman–Crippen MR) is 123 cm³/mol. The van der Waals surface area contributed by atoms with Crippen molar-refractivity contribution in [3.05, 3.63) is 66.0 Å². The van der Waals surface area contributed by atoms with E-state index in [0.29, 0.717) is 6.04 Å². The number of ether oxygens (including phenoxy) is 1. The summed E-state index contributed by atoms with van der Waals surface area (Å²) in [6.07, 6.45) is 10.8. The van der Waals surface area contributed by atoms with Gasteiger partial charge in [0, 0.05) is 54.5 Å². The summed E-state index contributed by atoms with van der Waals surface area (Å²) in [7, 11) is 0. The van der Waals surface area contributed by atoms with Gasteiger partial charge >= 0.3 is 0 Å². The average molecular weight is 427 g/mol. The first-order chi connectivity index (χ1) is 15.8. The molecule has 0 spiro atoms. The second-order valence-electron chi connectivity index (χ2n) is 8.69. The molecule has 0 N–H and O–H groups in total. The quantitative estimate of drug-likeness (QED) is 0.482. The Morgan fingerprint density at radius 3 is 2.91 bits per heavy atom. The first-order valence-corrected chi connectivity index (χ1v) is 11.4. The topological polar surface area (TPSA) is 68.4 Å². The van der Waals surface area contributed by atoms with Gasteiger partial charge in [-0.1, -0.05) is 12.1 Å². The largest absolute Gasteiger partial charge is 0.493 e. The van der Waals surface area contributed by atoms with Crippen molar-refractivity contribution >= 4 is 11.5 Å². The van der Waals surface area contributed by atoms with Gasteiger partial charge in [0.05, 0.1) is 6.61 Å². The minimum absolute atomic E-state index is 0.551. The lowest BCUT2D eigenvalue weighted by Gasteiger charge is -2.22. The molecule has 7 nitrogen and oxygen atoms in total. The average Bonchev–Trinajstić information content (AvgIpc) is 3.58. The third-order valence-electron chi connectivity index (χ3n) is 6.77. The van der Waals surface area contributed by atoms with Gasteiger partial charge in [0.2, 0.25) is 0 Å². The van der Waals surface area contributed by atoms with Gasteiger partial charge in [0.15, 0.2) is 5.65 Å². The molecule has 3 aromatic heterocycles. The van der Waals surface area contributed by atoms with E-state index in [1.165, 1.54) is 24.0 Å². The van der Waals surface area contributed by atoms with Crippen LogP contribution in [0.1, 0.15) is 36.7 Å². The van der Waals surface area contributed by atoms with Crippen molar-refractivity contribution < 1.29 is 4.74 Å². The lowest BCUT2D eigenvalue weighted by atomic mass is 10.0. The maximum atomic E-state index is 5.71. The van der Waals surface area contributed by atoms with Crippen LogP contribution >= 0.6 is 0 Å². The molecule has 2 aliphatic rings. The number of pyridine rings is 1. The summed E-state index contributed by atoms with van der Waals surface area (Å²) < 4.78 is 7.72. The molecule has 1 aromatic carbocycles. The highest BCUT2D eigenvalue weighted by Gasteiger charge is 2.22. The number of nitrogens with zero attached hydrogens (tertiary/aromatic N) is 6. The van der Waals surface area contributed by atoms with Gasteiger partial charge in [0.1, 0.15) is 23.7 Å². The summed E-state index contributed by atoms with van der Waals surface area (Å²) in [6.45, 7) is 4.12. The number of hydrogen-bond acceptors (Lipinski definition) is 6. The number of aryl methyl sites for hydroxylation is 2. The number of anilines is 1. The van der Waals surface area contributed by atoms with E-state index in [4.69, 9.17) is 14.7 Å². The summed E-state index contributed by atoms with van der Waals surface area (Å²) in [4.78, 5) is 11.9. The zero-order valence-electron chi connectivity index (χ0n) is 18.2. The molecular weight excluding hydrogens is 400 g/mol. The van der Waals surface area contributed by atoms with E-state index in [1.807, 2.05) is 16.8 Å². The molecule has 1 fully saturated rings. The fraction of sp³-hybridized carbons (Fsp3) is 0.360. The monoisotopic (exact) mass is 426 g/mol. The molecule has 162 valence electrons. The molecule has 1 atom stereocenters. The number of aromatic nitrogens is 5. The number of fused-ring (bicyclic) bond motifs is 2. The molecule has 0 bridgehead atoms. The van der Waals surface area contributed by atoms with Crippen molar-refractivity contribution in [1.29, 1.82) is 0 Å². The first kappa shape index (κ1) is 19.2. The van der Waals surface area contributed by atoms with Gasteiger partial charge in [-0.05, 0) is 49.9 Å². The lowest BCUT2D eigenvalue weighted by molar-refractivity contribution is 0.357. The summed E-state index contributed by atoms with van der Waals surface area (Å²) in [6, 6.07) is 11.1. The molecule has 0 aliphatic carbocycles. The summed E-state index contributed by atoms with van der Waals surface area (Å²) >= 11 is 0. The van der Waals surface area contributed by atoms with Crippen molar-refractivity contribution in [1.82, 2.24) is 24.6 Å². The van der Waals surface area contributed by atoms with Crippen LogP contribution in [0.25, 0.3) is 16.8 Å². The van der Waals surface area contributed by atoms with Crippen molar-refractivity contribution in [2.75, 3.05) is 18.1 Å². The minimum atomic E-state index is 0.551. The Balaban J connectivity index is 1.27. The maximum absolute atomic E-state index is 5.71. The maximum Gasteiger partial charge on any atom is 0.171 e. The van der Waals surface area contributed by atoms with Crippen LogP contribution in [-0.2, 0) is 19.3 Å². The third kappa shape index (κ3) is 3.28. The zero-order valence-corrected chi connectivity index (χ0v) is 18.2. The molecule has 1 unspecified atom stereocenters. The molecule has 6 rings (SSSR count). The standard InChI is InChI=1S/C25H26N6O/c1-17-4-3-12-30(17)23-10-8-19(14-26-23)21-15-27-24(31-16-28-29-25(21)31)9-7-18-5-2-6-22-20(18)11-13-32-22/h2,5-6,8,10,14-17H,3-4,7,9,11-13H2,1H3. The van der Waals surface area contributed by atoms with E-state index in [-0.39, 0.29) is 0 Å². The number of hydrogen-bond donors (Lipinski definition) is 0. The number of rotatable bonds is 5. The molecule has 0 saturated carbocycles. The van der Waals surface area contributed by atoms with Crippen LogP contribution in [-0.4, -0.2) is 43.8 Å². The predicted octanol–water partition coefficient (Wildman–Crippen LogP) is 3.90. The van der Waals surface area contributed by atoms with Crippen LogP contribution in [0.5, 0.6) is 5.75 Å². The molecule has 2 aliphatic heterocycles. The Kier molecular flexibility index (Phi) is 4.74. The molecule has 5 heterocycles. The van der Waals surface area contributed by atoms with Gasteiger partial charge in [-0.15, -0.1) is 10.2 Å². The third-order valence-corrected chi connectivity index (χ3v) is 6.77. The molecule has 0 amide bonds. The fourth-order valence-electron chi connectivity index (χ4n) is 5.02. The highest BCUT2D eigenvalue weighted by atomic mass is 16.5. The Morgan fingerprint density at radius 2 is 2.06 bits per heavy atom. The molecule has 0 radical (unpaired) electrons. The Bertz CT molecular complexity index is 1270. The van der Waals surface area contributed by atoms with Crippen LogP contribution < -0.4 is 9.64 Å². The highest BCUT2D eigenvalue weighted by molar-refractivity contribution is 5.76. The second kappa shape index (κ2) is 7.89. The van der Waals surface area contributed by atoms with E-state index in [9.17, 15) is 0 Å². The van der Waals surface area contributed by atoms with Crippen molar-refractivity contribution in [2.24, 2.45) is 0 Å². The van der Waals surface area contributed by atoms with E-state index >= 15 is 0 Å². The second-order valence-corrected chi connectivity index (χ2v) is 8.69. The van der Waals surface area contributed by atoms with Gasteiger partial charge in [-0.3, -0.25) is 4.40 Å². The van der Waals surface area contributed by atoms with Crippen molar-refractivity contribution in [3.8, 4) is 16.9 Å². The first-order valence-electron chi connectivity index (χ1n) is 11.4. The summed E-state index contributed by atoms with van der Waals surface area (Å²) in [5, 5.41) is 8.57. The summed E-state index contributed by atoms with van der Waals surface area (Å²) in [5.41, 5.74) is 5.45. The van der Waals surface area contributed by atoms with Gasteiger partial charge in [-0.2, -0.15) is 0 Å².